The Kier molecular flexibility index (Phi) is 3.77. The second-order valence-corrected chi connectivity index (χ2v) is 9.11. The van der Waals surface area contributed by atoms with Crippen molar-refractivity contribution < 1.29 is 9.50 Å². The van der Waals surface area contributed by atoms with E-state index < -0.39 is 5.41 Å². The van der Waals surface area contributed by atoms with Gasteiger partial charge in [-0.15, -0.1) is 4.99 Å². The van der Waals surface area contributed by atoms with Crippen LogP contribution in [-0.2, 0) is 16.6 Å². The van der Waals surface area contributed by atoms with Crippen LogP contribution in [0.25, 0.3) is 0 Å². The van der Waals surface area contributed by atoms with Gasteiger partial charge >= 0.3 is 5.84 Å². The molecule has 2 unspecified atom stereocenters. The van der Waals surface area contributed by atoms with Crippen molar-refractivity contribution in [2.75, 3.05) is 15.6 Å². The highest BCUT2D eigenvalue weighted by Crippen LogP contribution is 2.41. The third-order valence-corrected chi connectivity index (χ3v) is 6.62. The summed E-state index contributed by atoms with van der Waals surface area (Å²) in [6, 6.07) is 14.6. The molecule has 160 valence electrons. The number of rotatable bonds is 2. The molecule has 2 atom stereocenters. The summed E-state index contributed by atoms with van der Waals surface area (Å²) in [6.45, 7) is 6.07. The number of hydrogen-bond donors (Lipinski definition) is 2. The predicted octanol–water partition coefficient (Wildman–Crippen LogP) is 3.75. The van der Waals surface area contributed by atoms with Gasteiger partial charge in [-0.25, -0.2) is 0 Å². The van der Waals surface area contributed by atoms with Crippen LogP contribution in [0.15, 0.2) is 70.0 Å². The highest BCUT2D eigenvalue weighted by molar-refractivity contribution is 6.31. The van der Waals surface area contributed by atoms with Crippen LogP contribution in [0.5, 0.6) is 0 Å². The third-order valence-electron chi connectivity index (χ3n) is 6.62. The number of nitrogens with one attached hydrogen (secondary N) is 2. The van der Waals surface area contributed by atoms with E-state index in [9.17, 15) is 4.79 Å². The zero-order valence-corrected chi connectivity index (χ0v) is 18.2. The molecule has 2 aromatic rings. The van der Waals surface area contributed by atoms with Gasteiger partial charge in [0.25, 0.3) is 5.96 Å². The van der Waals surface area contributed by atoms with Gasteiger partial charge in [0.05, 0.1) is 23.3 Å². The molecular weight excluding hydrogens is 402 g/mol. The average Bonchev–Trinajstić information content (AvgIpc) is 3.36. The van der Waals surface area contributed by atoms with Gasteiger partial charge < -0.3 is 10.6 Å². The fraction of sp³-hybridized carbons (Fsp3) is 0.250. The first-order valence-corrected chi connectivity index (χ1v) is 10.8. The van der Waals surface area contributed by atoms with Crippen LogP contribution in [0.4, 0.5) is 17.1 Å². The summed E-state index contributed by atoms with van der Waals surface area (Å²) in [5.41, 5.74) is 4.55. The molecule has 4 heterocycles. The molecule has 0 aromatic heterocycles. The van der Waals surface area contributed by atoms with Crippen molar-refractivity contribution in [2.45, 2.75) is 38.6 Å². The number of carbonyl (C=O) groups is 1. The van der Waals surface area contributed by atoms with Crippen molar-refractivity contribution >= 4 is 41.0 Å². The lowest BCUT2D eigenvalue weighted by molar-refractivity contribution is -0.802. The van der Waals surface area contributed by atoms with Crippen molar-refractivity contribution in [3.63, 3.8) is 0 Å². The molecule has 0 saturated carbocycles. The Labute approximate surface area is 186 Å². The molecular formula is C24H24N7O+. The molecule has 0 spiro atoms. The largest absolute Gasteiger partial charge is 0.325 e. The van der Waals surface area contributed by atoms with E-state index in [1.54, 1.807) is 12.4 Å². The molecule has 0 saturated heterocycles. The van der Waals surface area contributed by atoms with Gasteiger partial charge in [-0.2, -0.15) is 5.01 Å². The summed E-state index contributed by atoms with van der Waals surface area (Å²) in [5, 5.41) is 13.6. The second-order valence-electron chi connectivity index (χ2n) is 9.11. The molecule has 2 aromatic carbocycles. The molecule has 0 aliphatic carbocycles. The second kappa shape index (κ2) is 6.37. The fourth-order valence-corrected chi connectivity index (χ4v) is 4.96. The van der Waals surface area contributed by atoms with Gasteiger partial charge in [-0.05, 0) is 59.9 Å². The SMILES string of the molecule is CC1Cc2ccccc2N1[N+]12C=CN=CC1=NC(Nc1ccc3c(c1)NC(=O)C3(C)C)=N2. The van der Waals surface area contributed by atoms with E-state index >= 15 is 0 Å². The van der Waals surface area contributed by atoms with Crippen LogP contribution in [0.3, 0.4) is 0 Å². The Morgan fingerprint density at radius 3 is 2.94 bits per heavy atom. The minimum atomic E-state index is -0.532. The average molecular weight is 427 g/mol. The number of anilines is 3. The van der Waals surface area contributed by atoms with Crippen molar-refractivity contribution in [3.8, 4) is 0 Å². The van der Waals surface area contributed by atoms with E-state index in [0.717, 1.165) is 34.9 Å². The van der Waals surface area contributed by atoms with Gasteiger partial charge in [0.1, 0.15) is 6.21 Å². The molecule has 0 bridgehead atoms. The van der Waals surface area contributed by atoms with Crippen LogP contribution in [-0.4, -0.2) is 34.7 Å². The number of guanidine groups is 1. The number of amidine groups is 1. The Balaban J connectivity index is 1.37. The molecule has 0 fully saturated rings. The Morgan fingerprint density at radius 2 is 2.06 bits per heavy atom. The summed E-state index contributed by atoms with van der Waals surface area (Å²) < 4.78 is 0.124. The molecule has 8 nitrogen and oxygen atoms in total. The summed E-state index contributed by atoms with van der Waals surface area (Å²) in [5.74, 6) is 1.24. The van der Waals surface area contributed by atoms with Crippen LogP contribution in [0.1, 0.15) is 31.9 Å². The smallest absolute Gasteiger partial charge is 0.307 e. The number of hydrogen-bond acceptors (Lipinski definition) is 6. The van der Waals surface area contributed by atoms with Crippen molar-refractivity contribution in [3.05, 3.63) is 66.0 Å². The van der Waals surface area contributed by atoms with Crippen molar-refractivity contribution in [1.29, 1.82) is 0 Å². The number of fused-ring (bicyclic) bond motifs is 3. The summed E-state index contributed by atoms with van der Waals surface area (Å²) in [4.78, 5) is 21.4. The molecule has 8 heteroatoms. The van der Waals surface area contributed by atoms with Crippen molar-refractivity contribution in [2.24, 2.45) is 15.1 Å². The van der Waals surface area contributed by atoms with E-state index in [-0.39, 0.29) is 16.7 Å². The standard InChI is InChI=1S/C24H23N7O/c1-15-12-16-6-4-5-7-20(16)30(15)31-11-10-25-14-21(31)28-23(29-31)26-17-8-9-18-19(13-17)27-22(32)24(18,2)3/h4-11,13-15H,12H2,1-3H3,(H-,26,27,29,32)/p+1. The number of aliphatic imine (C=N–C) groups is 2. The number of benzene rings is 2. The molecule has 2 N–H and O–H groups in total. The number of para-hydroxylation sites is 1. The predicted molar refractivity (Wildman–Crippen MR) is 127 cm³/mol. The van der Waals surface area contributed by atoms with Gasteiger partial charge in [-0.1, -0.05) is 24.3 Å². The lowest BCUT2D eigenvalue weighted by atomic mass is 9.86. The lowest BCUT2D eigenvalue weighted by Gasteiger charge is -2.36. The maximum atomic E-state index is 12.3. The van der Waals surface area contributed by atoms with E-state index in [2.05, 4.69) is 51.8 Å². The van der Waals surface area contributed by atoms with Gasteiger partial charge in [0, 0.05) is 17.8 Å². The Hall–Kier alpha value is -3.78. The first-order chi connectivity index (χ1) is 15.4. The minimum Gasteiger partial charge on any atom is -0.325 e. The molecule has 0 radical (unpaired) electrons. The number of quaternary nitrogens is 1. The number of nitrogens with zero attached hydrogens (tertiary/aromatic N) is 5. The fourth-order valence-electron chi connectivity index (χ4n) is 4.96. The molecule has 1 amide bonds. The zero-order chi connectivity index (χ0) is 22.1. The topological polar surface area (TPSA) is 81.5 Å². The summed E-state index contributed by atoms with van der Waals surface area (Å²) >= 11 is 0. The maximum Gasteiger partial charge on any atom is 0.307 e. The van der Waals surface area contributed by atoms with Crippen LogP contribution in [0, 0.1) is 0 Å². The van der Waals surface area contributed by atoms with Crippen LogP contribution >= 0.6 is 0 Å². The van der Waals surface area contributed by atoms with Gasteiger partial charge in [0.2, 0.25) is 5.91 Å². The maximum absolute atomic E-state index is 12.3. The minimum absolute atomic E-state index is 0.00720. The lowest BCUT2D eigenvalue weighted by Crippen LogP contribution is -2.59. The third kappa shape index (κ3) is 2.53. The molecule has 4 aliphatic rings. The monoisotopic (exact) mass is 426 g/mol. The van der Waals surface area contributed by atoms with Crippen LogP contribution in [0.2, 0.25) is 0 Å². The number of amides is 1. The van der Waals surface area contributed by atoms with Gasteiger partial charge in [0.15, 0.2) is 6.20 Å². The Bertz CT molecular complexity index is 1290. The van der Waals surface area contributed by atoms with Gasteiger partial charge in [-0.3, -0.25) is 9.79 Å². The van der Waals surface area contributed by atoms with Crippen LogP contribution < -0.4 is 15.6 Å². The highest BCUT2D eigenvalue weighted by Gasteiger charge is 2.51. The summed E-state index contributed by atoms with van der Waals surface area (Å²) in [7, 11) is 0. The molecule has 32 heavy (non-hydrogen) atoms. The van der Waals surface area contributed by atoms with E-state index in [4.69, 9.17) is 10.1 Å². The number of carbonyl (C=O) groups excluding carboxylic acids is 1. The first kappa shape index (κ1) is 18.9. The molecule has 6 rings (SSSR count). The normalized spacial score (nSPS) is 26.3. The van der Waals surface area contributed by atoms with Crippen molar-refractivity contribution in [1.82, 2.24) is 0 Å². The quantitative estimate of drug-likeness (QED) is 0.718. The first-order valence-electron chi connectivity index (χ1n) is 10.8. The zero-order valence-electron chi connectivity index (χ0n) is 18.2. The van der Waals surface area contributed by atoms with E-state index in [1.165, 1.54) is 5.56 Å². The Morgan fingerprint density at radius 1 is 1.22 bits per heavy atom. The molecule has 4 aliphatic heterocycles. The van der Waals surface area contributed by atoms with E-state index in [1.807, 2.05) is 38.2 Å². The highest BCUT2D eigenvalue weighted by atomic mass is 16.2. The summed E-state index contributed by atoms with van der Waals surface area (Å²) in [6.07, 6.45) is 6.44. The van der Waals surface area contributed by atoms with E-state index in [0.29, 0.717) is 5.96 Å².